The van der Waals surface area contributed by atoms with Crippen molar-refractivity contribution >= 4 is 33.2 Å². The van der Waals surface area contributed by atoms with Crippen molar-refractivity contribution < 1.29 is 0 Å². The Morgan fingerprint density at radius 1 is 1.14 bits per heavy atom. The molecule has 0 amide bonds. The Labute approximate surface area is 136 Å². The molecular weight excluding hydrogens is 350 g/mol. The highest BCUT2D eigenvalue weighted by molar-refractivity contribution is 9.10. The molecule has 0 aliphatic heterocycles. The van der Waals surface area contributed by atoms with Crippen LogP contribution in [0.1, 0.15) is 5.56 Å². The van der Waals surface area contributed by atoms with Crippen molar-refractivity contribution in [2.24, 2.45) is 0 Å². The number of aromatic nitrogens is 2. The van der Waals surface area contributed by atoms with E-state index in [9.17, 15) is 0 Å². The van der Waals surface area contributed by atoms with Crippen LogP contribution in [0.2, 0.25) is 5.02 Å². The molecule has 2 N–H and O–H groups in total. The maximum absolute atomic E-state index is 5.94. The fourth-order valence-electron chi connectivity index (χ4n) is 2.04. The Morgan fingerprint density at radius 3 is 2.62 bits per heavy atom. The Morgan fingerprint density at radius 2 is 1.95 bits per heavy atom. The van der Waals surface area contributed by atoms with Gasteiger partial charge in [-0.25, -0.2) is 4.98 Å². The van der Waals surface area contributed by atoms with Gasteiger partial charge in [-0.2, -0.15) is 0 Å². The van der Waals surface area contributed by atoms with E-state index in [0.717, 1.165) is 38.5 Å². The number of rotatable bonds is 4. The number of benzene rings is 2. The molecule has 0 saturated carbocycles. The average Bonchev–Trinajstić information content (AvgIpc) is 3.01. The Kier molecular flexibility index (Phi) is 4.27. The Balaban J connectivity index is 1.68. The predicted octanol–water partition coefficient (Wildman–Crippen LogP) is 5.10. The second-order valence-corrected chi connectivity index (χ2v) is 5.92. The minimum absolute atomic E-state index is 0.731. The maximum atomic E-state index is 5.94. The number of halogens is 2. The summed E-state index contributed by atoms with van der Waals surface area (Å²) in [5, 5.41) is 4.13. The lowest BCUT2D eigenvalue weighted by Crippen LogP contribution is -2.00. The number of nitrogens with zero attached hydrogens (tertiary/aromatic N) is 1. The molecule has 5 heteroatoms. The fraction of sp³-hybridized carbons (Fsp3) is 0.0625. The molecule has 0 spiro atoms. The summed E-state index contributed by atoms with van der Waals surface area (Å²) in [5.74, 6) is 0. The monoisotopic (exact) mass is 361 g/mol. The van der Waals surface area contributed by atoms with Crippen LogP contribution in [0.3, 0.4) is 0 Å². The number of imidazole rings is 1. The third-order valence-corrected chi connectivity index (χ3v) is 4.17. The average molecular weight is 363 g/mol. The lowest BCUT2D eigenvalue weighted by atomic mass is 10.1. The number of aromatic amines is 1. The quantitative estimate of drug-likeness (QED) is 0.677. The van der Waals surface area contributed by atoms with Gasteiger partial charge < -0.3 is 10.3 Å². The van der Waals surface area contributed by atoms with Crippen LogP contribution in [0.15, 0.2) is 59.5 Å². The largest absolute Gasteiger partial charge is 0.381 e. The number of hydrogen-bond acceptors (Lipinski definition) is 2. The van der Waals surface area contributed by atoms with Crippen molar-refractivity contribution in [3.05, 3.63) is 70.0 Å². The zero-order chi connectivity index (χ0) is 14.7. The lowest BCUT2D eigenvalue weighted by Gasteiger charge is -2.09. The lowest BCUT2D eigenvalue weighted by molar-refractivity contribution is 1.14. The van der Waals surface area contributed by atoms with E-state index in [4.69, 9.17) is 11.6 Å². The molecule has 1 aromatic heterocycles. The minimum Gasteiger partial charge on any atom is -0.381 e. The third kappa shape index (κ3) is 3.46. The highest BCUT2D eigenvalue weighted by atomic mass is 79.9. The molecule has 0 radical (unpaired) electrons. The second-order valence-electron chi connectivity index (χ2n) is 4.63. The standard InChI is InChI=1S/C16H13BrClN3/c17-15-7-13(18)4-1-12(15)8-20-14-5-2-11(3-6-14)16-9-19-10-21-16/h1-7,9-10,20H,8H2,(H,19,21). The van der Waals surface area contributed by atoms with Crippen LogP contribution in [-0.4, -0.2) is 9.97 Å². The van der Waals surface area contributed by atoms with Crippen molar-refractivity contribution in [1.82, 2.24) is 9.97 Å². The third-order valence-electron chi connectivity index (χ3n) is 3.19. The summed E-state index contributed by atoms with van der Waals surface area (Å²) < 4.78 is 1.01. The van der Waals surface area contributed by atoms with Gasteiger partial charge in [-0.1, -0.05) is 45.7 Å². The smallest absolute Gasteiger partial charge is 0.0924 e. The fourth-order valence-corrected chi connectivity index (χ4v) is 2.87. The molecule has 3 rings (SSSR count). The van der Waals surface area contributed by atoms with Gasteiger partial charge in [0.15, 0.2) is 0 Å². The highest BCUT2D eigenvalue weighted by Gasteiger charge is 2.02. The van der Waals surface area contributed by atoms with E-state index in [1.807, 2.05) is 24.4 Å². The van der Waals surface area contributed by atoms with Crippen LogP contribution in [-0.2, 0) is 6.54 Å². The molecule has 106 valence electrons. The maximum Gasteiger partial charge on any atom is 0.0924 e. The van der Waals surface area contributed by atoms with Gasteiger partial charge in [0, 0.05) is 21.7 Å². The first kappa shape index (κ1) is 14.2. The highest BCUT2D eigenvalue weighted by Crippen LogP contribution is 2.23. The van der Waals surface area contributed by atoms with Gasteiger partial charge in [0.05, 0.1) is 18.2 Å². The van der Waals surface area contributed by atoms with Crippen molar-refractivity contribution in [1.29, 1.82) is 0 Å². The molecule has 21 heavy (non-hydrogen) atoms. The Bertz CT molecular complexity index is 724. The molecule has 3 aromatic rings. The molecule has 3 nitrogen and oxygen atoms in total. The number of hydrogen-bond donors (Lipinski definition) is 2. The predicted molar refractivity (Wildman–Crippen MR) is 90.5 cm³/mol. The van der Waals surface area contributed by atoms with Gasteiger partial charge in [0.1, 0.15) is 0 Å². The van der Waals surface area contributed by atoms with Gasteiger partial charge in [-0.3, -0.25) is 0 Å². The van der Waals surface area contributed by atoms with Gasteiger partial charge in [-0.05, 0) is 35.4 Å². The van der Waals surface area contributed by atoms with Crippen LogP contribution in [0.5, 0.6) is 0 Å². The van der Waals surface area contributed by atoms with Crippen molar-refractivity contribution in [3.8, 4) is 11.3 Å². The molecule has 1 heterocycles. The zero-order valence-corrected chi connectivity index (χ0v) is 13.4. The normalized spacial score (nSPS) is 10.6. The molecular formula is C16H13BrClN3. The van der Waals surface area contributed by atoms with Gasteiger partial charge in [0.2, 0.25) is 0 Å². The van der Waals surface area contributed by atoms with Crippen molar-refractivity contribution in [2.75, 3.05) is 5.32 Å². The van der Waals surface area contributed by atoms with E-state index in [-0.39, 0.29) is 0 Å². The van der Waals surface area contributed by atoms with Crippen LogP contribution in [0, 0.1) is 0 Å². The SMILES string of the molecule is Clc1ccc(CNc2ccc(-c3cnc[nH]3)cc2)c(Br)c1. The van der Waals surface area contributed by atoms with Gasteiger partial charge >= 0.3 is 0 Å². The summed E-state index contributed by atoms with van der Waals surface area (Å²) in [6.45, 7) is 0.737. The van der Waals surface area contributed by atoms with E-state index in [2.05, 4.69) is 55.5 Å². The van der Waals surface area contributed by atoms with Crippen molar-refractivity contribution in [2.45, 2.75) is 6.54 Å². The molecule has 0 aliphatic carbocycles. The summed E-state index contributed by atoms with van der Waals surface area (Å²) in [6, 6.07) is 14.0. The first-order valence-corrected chi connectivity index (χ1v) is 7.66. The molecule has 0 aliphatic rings. The first-order valence-electron chi connectivity index (χ1n) is 6.49. The van der Waals surface area contributed by atoms with Gasteiger partial charge in [0.25, 0.3) is 0 Å². The van der Waals surface area contributed by atoms with E-state index in [0.29, 0.717) is 0 Å². The van der Waals surface area contributed by atoms with Crippen LogP contribution < -0.4 is 5.32 Å². The van der Waals surface area contributed by atoms with Crippen molar-refractivity contribution in [3.63, 3.8) is 0 Å². The molecule has 0 bridgehead atoms. The molecule has 2 aromatic carbocycles. The minimum atomic E-state index is 0.731. The molecule has 0 fully saturated rings. The summed E-state index contributed by atoms with van der Waals surface area (Å²) >= 11 is 9.46. The number of nitrogens with one attached hydrogen (secondary N) is 2. The summed E-state index contributed by atoms with van der Waals surface area (Å²) in [5.41, 5.74) is 4.37. The van der Waals surface area contributed by atoms with Gasteiger partial charge in [-0.15, -0.1) is 0 Å². The van der Waals surface area contributed by atoms with Crippen LogP contribution >= 0.6 is 27.5 Å². The summed E-state index contributed by atoms with van der Waals surface area (Å²) in [6.07, 6.45) is 3.49. The number of anilines is 1. The zero-order valence-electron chi connectivity index (χ0n) is 11.1. The molecule has 0 saturated heterocycles. The van der Waals surface area contributed by atoms with E-state index < -0.39 is 0 Å². The number of H-pyrrole nitrogens is 1. The summed E-state index contributed by atoms with van der Waals surface area (Å²) in [7, 11) is 0. The molecule has 0 unspecified atom stereocenters. The van der Waals surface area contributed by atoms with Crippen LogP contribution in [0.25, 0.3) is 11.3 Å². The first-order chi connectivity index (χ1) is 10.2. The van der Waals surface area contributed by atoms with E-state index in [1.54, 1.807) is 6.33 Å². The van der Waals surface area contributed by atoms with E-state index in [1.165, 1.54) is 0 Å². The Hall–Kier alpha value is -1.78. The molecule has 0 atom stereocenters. The topological polar surface area (TPSA) is 40.7 Å². The van der Waals surface area contributed by atoms with Crippen LogP contribution in [0.4, 0.5) is 5.69 Å². The van der Waals surface area contributed by atoms with E-state index >= 15 is 0 Å². The summed E-state index contributed by atoms with van der Waals surface area (Å²) in [4.78, 5) is 7.12. The second kappa shape index (κ2) is 6.33.